The molecule has 1 amide bonds. The zero-order valence-electron chi connectivity index (χ0n) is 17.2. The minimum absolute atomic E-state index is 0.0773. The number of piperidine rings is 1. The van der Waals surface area contributed by atoms with Gasteiger partial charge < -0.3 is 14.7 Å². The number of nitrogens with zero attached hydrogens (tertiary/aromatic N) is 2. The molecule has 2 heterocycles. The van der Waals surface area contributed by atoms with E-state index in [2.05, 4.69) is 42.7 Å². The van der Waals surface area contributed by atoms with Gasteiger partial charge in [0.15, 0.2) is 0 Å². The molecule has 164 valence electrons. The van der Waals surface area contributed by atoms with Crippen LogP contribution in [0.3, 0.4) is 0 Å². The van der Waals surface area contributed by atoms with Crippen LogP contribution >= 0.6 is 31.9 Å². The van der Waals surface area contributed by atoms with E-state index in [4.69, 9.17) is 4.98 Å². The highest BCUT2D eigenvalue weighted by Crippen LogP contribution is 2.46. The van der Waals surface area contributed by atoms with E-state index in [0.29, 0.717) is 19.0 Å². The molecule has 1 atom stereocenters. The van der Waals surface area contributed by atoms with Crippen LogP contribution in [0.4, 0.5) is 0 Å². The van der Waals surface area contributed by atoms with Crippen molar-refractivity contribution in [2.75, 3.05) is 20.2 Å². The number of fused-ring (bicyclic) bond motifs is 2. The minimum atomic E-state index is -0.503. The molecule has 0 saturated carbocycles. The lowest BCUT2D eigenvalue weighted by Crippen LogP contribution is -2.41. The predicted octanol–water partition coefficient (Wildman–Crippen LogP) is 4.34. The summed E-state index contributed by atoms with van der Waals surface area (Å²) in [5, 5.41) is 10.2. The number of hydrogen-bond donors (Lipinski definition) is 1. The Balaban J connectivity index is 1.65. The van der Waals surface area contributed by atoms with Gasteiger partial charge in [0.25, 0.3) is 0 Å². The van der Waals surface area contributed by atoms with Gasteiger partial charge in [0.05, 0.1) is 12.8 Å². The van der Waals surface area contributed by atoms with E-state index in [0.717, 1.165) is 45.9 Å². The summed E-state index contributed by atoms with van der Waals surface area (Å²) in [7, 11) is 1.30. The Morgan fingerprint density at radius 3 is 2.58 bits per heavy atom. The van der Waals surface area contributed by atoms with Gasteiger partial charge in [-0.15, -0.1) is 0 Å². The number of carbonyl (C=O) groups is 2. The molecule has 1 fully saturated rings. The van der Waals surface area contributed by atoms with Crippen LogP contribution in [0.15, 0.2) is 33.3 Å². The van der Waals surface area contributed by atoms with Crippen LogP contribution in [0.1, 0.15) is 47.6 Å². The highest BCUT2D eigenvalue weighted by Gasteiger charge is 2.36. The highest BCUT2D eigenvalue weighted by atomic mass is 79.9. The topological polar surface area (TPSA) is 79.7 Å². The average Bonchev–Trinajstić information content (AvgIpc) is 2.90. The van der Waals surface area contributed by atoms with Crippen LogP contribution in [0.5, 0.6) is 5.75 Å². The molecule has 6 nitrogen and oxygen atoms in total. The number of hydrogen-bond acceptors (Lipinski definition) is 5. The van der Waals surface area contributed by atoms with E-state index in [1.807, 2.05) is 12.3 Å². The van der Waals surface area contributed by atoms with Gasteiger partial charge in [-0.1, -0.05) is 15.9 Å². The number of carbonyl (C=O) groups excluding carboxylic acids is 2. The van der Waals surface area contributed by atoms with Crippen molar-refractivity contribution in [2.24, 2.45) is 5.92 Å². The van der Waals surface area contributed by atoms with Crippen LogP contribution in [-0.2, 0) is 27.2 Å². The lowest BCUT2D eigenvalue weighted by Gasteiger charge is -2.37. The second-order valence-corrected chi connectivity index (χ2v) is 9.92. The molecule has 31 heavy (non-hydrogen) atoms. The molecule has 8 heteroatoms. The smallest absolute Gasteiger partial charge is 0.315 e. The molecule has 0 unspecified atom stereocenters. The first-order valence-electron chi connectivity index (χ1n) is 10.4. The first kappa shape index (κ1) is 22.3. The molecule has 4 rings (SSSR count). The summed E-state index contributed by atoms with van der Waals surface area (Å²) in [5.41, 5.74) is 4.61. The Hall–Kier alpha value is -1.93. The third kappa shape index (κ3) is 4.65. The number of likely N-dealkylation sites (tertiary alicyclic amines) is 1. The van der Waals surface area contributed by atoms with Crippen LogP contribution in [0.25, 0.3) is 0 Å². The fourth-order valence-electron chi connectivity index (χ4n) is 4.84. The maximum atomic E-state index is 12.4. The number of phenolic OH excluding ortho intramolecular Hbond substituents is 1. The number of aromatic nitrogens is 1. The summed E-state index contributed by atoms with van der Waals surface area (Å²) in [6.45, 7) is 1.21. The number of amides is 1. The predicted molar refractivity (Wildman–Crippen MR) is 123 cm³/mol. The lowest BCUT2D eigenvalue weighted by molar-refractivity contribution is -0.147. The summed E-state index contributed by atoms with van der Waals surface area (Å²) >= 11 is 7.25. The van der Waals surface area contributed by atoms with Gasteiger partial charge >= 0.3 is 5.97 Å². The molecule has 2 aliphatic rings. The first-order chi connectivity index (χ1) is 14.9. The molecule has 1 saturated heterocycles. The number of phenols is 1. The average molecular weight is 552 g/mol. The normalized spacial score (nSPS) is 18.7. The Kier molecular flexibility index (Phi) is 6.67. The van der Waals surface area contributed by atoms with Gasteiger partial charge in [-0.25, -0.2) is 0 Å². The second kappa shape index (κ2) is 9.28. The number of esters is 1. The summed E-state index contributed by atoms with van der Waals surface area (Å²) in [5.74, 6) is -0.0502. The Morgan fingerprint density at radius 1 is 1.16 bits per heavy atom. The summed E-state index contributed by atoms with van der Waals surface area (Å²) in [6, 6.07) is 5.76. The van der Waals surface area contributed by atoms with E-state index in [-0.39, 0.29) is 24.0 Å². The second-order valence-electron chi connectivity index (χ2n) is 8.15. The van der Waals surface area contributed by atoms with Crippen molar-refractivity contribution in [1.82, 2.24) is 9.88 Å². The molecular weight excluding hydrogens is 528 g/mol. The van der Waals surface area contributed by atoms with Gasteiger partial charge in [0.2, 0.25) is 5.91 Å². The van der Waals surface area contributed by atoms with Crippen molar-refractivity contribution in [3.05, 3.63) is 55.7 Å². The van der Waals surface area contributed by atoms with Crippen molar-refractivity contribution in [1.29, 1.82) is 0 Å². The zero-order valence-corrected chi connectivity index (χ0v) is 20.4. The van der Waals surface area contributed by atoms with Crippen molar-refractivity contribution < 1.29 is 19.4 Å². The number of aryl methyl sites for hydroxylation is 2. The number of ether oxygens (including phenoxy) is 1. The Labute approximate surface area is 198 Å². The molecular formula is C23H24Br2N2O4. The fourth-order valence-corrected chi connectivity index (χ4v) is 5.96. The number of pyridine rings is 1. The van der Waals surface area contributed by atoms with E-state index in [9.17, 15) is 14.7 Å². The van der Waals surface area contributed by atoms with Crippen molar-refractivity contribution in [2.45, 2.75) is 38.0 Å². The Bertz CT molecular complexity index is 1020. The zero-order chi connectivity index (χ0) is 22.1. The number of methoxy groups -OCH3 is 1. The minimum Gasteiger partial charge on any atom is -0.508 e. The number of aromatic hydroxyl groups is 1. The van der Waals surface area contributed by atoms with Crippen molar-refractivity contribution in [3.63, 3.8) is 0 Å². The molecule has 1 aliphatic carbocycles. The van der Waals surface area contributed by atoms with Crippen LogP contribution in [0, 0.1) is 5.92 Å². The van der Waals surface area contributed by atoms with E-state index in [1.54, 1.807) is 11.0 Å². The van der Waals surface area contributed by atoms with E-state index < -0.39 is 5.97 Å². The fraction of sp³-hybridized carbons (Fsp3) is 0.435. The van der Waals surface area contributed by atoms with Crippen LogP contribution in [-0.4, -0.2) is 47.1 Å². The van der Waals surface area contributed by atoms with Gasteiger partial charge in [-0.05, 0) is 82.4 Å². The maximum absolute atomic E-state index is 12.4. The highest BCUT2D eigenvalue weighted by molar-refractivity contribution is 9.10. The molecule has 1 aliphatic heterocycles. The SMILES string of the molecule is COC(=O)CC(=O)N1CCC([C@H]2c3ncc(Br)cc3CCc3cc(O)cc(Br)c32)CC1. The maximum Gasteiger partial charge on any atom is 0.315 e. The quantitative estimate of drug-likeness (QED) is 0.453. The number of benzene rings is 1. The largest absolute Gasteiger partial charge is 0.508 e. The number of rotatable bonds is 3. The van der Waals surface area contributed by atoms with Gasteiger partial charge in [0.1, 0.15) is 12.2 Å². The molecule has 0 radical (unpaired) electrons. The van der Waals surface area contributed by atoms with Crippen LogP contribution < -0.4 is 0 Å². The first-order valence-corrected chi connectivity index (χ1v) is 12.0. The monoisotopic (exact) mass is 550 g/mol. The molecule has 1 aromatic heterocycles. The molecule has 0 bridgehead atoms. The molecule has 2 aromatic rings. The molecule has 1 N–H and O–H groups in total. The molecule has 0 spiro atoms. The lowest BCUT2D eigenvalue weighted by atomic mass is 9.76. The summed E-state index contributed by atoms with van der Waals surface area (Å²) in [4.78, 5) is 30.5. The van der Waals surface area contributed by atoms with E-state index in [1.165, 1.54) is 18.2 Å². The van der Waals surface area contributed by atoms with E-state index >= 15 is 0 Å². The summed E-state index contributed by atoms with van der Waals surface area (Å²) < 4.78 is 6.49. The molecule has 1 aromatic carbocycles. The number of halogens is 2. The summed E-state index contributed by atoms with van der Waals surface area (Å²) in [6.07, 6.45) is 4.97. The van der Waals surface area contributed by atoms with Gasteiger partial charge in [-0.3, -0.25) is 14.6 Å². The van der Waals surface area contributed by atoms with Crippen molar-refractivity contribution in [3.8, 4) is 5.75 Å². The standard InChI is InChI=1S/C23H24Br2N2O4/c1-31-20(30)11-19(29)27-6-4-13(5-7-27)22-21-14(9-17(28)10-18(21)25)2-3-15-8-16(24)12-26-23(15)22/h8-10,12-13,22,28H,2-7,11H2,1H3/t22-/m1/s1. The van der Waals surface area contributed by atoms with Gasteiger partial charge in [0, 0.05) is 34.1 Å². The Morgan fingerprint density at radius 2 is 1.87 bits per heavy atom. The third-order valence-electron chi connectivity index (χ3n) is 6.32. The van der Waals surface area contributed by atoms with Gasteiger partial charge in [-0.2, -0.15) is 0 Å². The third-order valence-corrected chi connectivity index (χ3v) is 7.41. The van der Waals surface area contributed by atoms with Crippen molar-refractivity contribution >= 4 is 43.7 Å². The van der Waals surface area contributed by atoms with Crippen LogP contribution in [0.2, 0.25) is 0 Å².